The first kappa shape index (κ1) is 18.7. The molecule has 3 heteroatoms. The minimum atomic E-state index is 0.167. The standard InChI is InChI=1S/2C4H9N.C3H6O/c2*1-4(2)5-3;1-3(2)4/h2*1-3H3;1-2H3. The molecule has 0 spiro atoms. The van der Waals surface area contributed by atoms with Gasteiger partial charge in [-0.25, -0.2) is 0 Å². The Morgan fingerprint density at radius 1 is 0.714 bits per heavy atom. The maximum Gasteiger partial charge on any atom is 0.126 e. The smallest absolute Gasteiger partial charge is 0.126 e. The third-order valence-corrected chi connectivity index (χ3v) is 0.894. The highest BCUT2D eigenvalue weighted by molar-refractivity contribution is 5.79. The third kappa shape index (κ3) is 122. The largest absolute Gasteiger partial charge is 0.300 e. The van der Waals surface area contributed by atoms with Gasteiger partial charge in [0.1, 0.15) is 5.78 Å². The van der Waals surface area contributed by atoms with E-state index in [0.717, 1.165) is 11.4 Å². The summed E-state index contributed by atoms with van der Waals surface area (Å²) >= 11 is 0. The molecule has 0 N–H and O–H groups in total. The highest BCUT2D eigenvalue weighted by Gasteiger charge is 1.63. The van der Waals surface area contributed by atoms with Gasteiger partial charge in [0.15, 0.2) is 0 Å². The van der Waals surface area contributed by atoms with E-state index in [0.29, 0.717) is 0 Å². The molecule has 0 aliphatic heterocycles. The van der Waals surface area contributed by atoms with Gasteiger partial charge in [0.2, 0.25) is 0 Å². The molecular weight excluding hydrogens is 176 g/mol. The van der Waals surface area contributed by atoms with Crippen LogP contribution >= 0.6 is 0 Å². The predicted molar refractivity (Wildman–Crippen MR) is 65.8 cm³/mol. The summed E-state index contributed by atoms with van der Waals surface area (Å²) in [5.41, 5.74) is 2.26. The Kier molecular flexibility index (Phi) is 19.4. The Balaban J connectivity index is -0.000000131. The number of carbonyl (C=O) groups is 1. The molecule has 0 atom stereocenters. The van der Waals surface area contributed by atoms with Crippen molar-refractivity contribution >= 4 is 17.2 Å². The fourth-order valence-corrected chi connectivity index (χ4v) is 0. The van der Waals surface area contributed by atoms with Crippen LogP contribution in [0.3, 0.4) is 0 Å². The summed E-state index contributed by atoms with van der Waals surface area (Å²) in [7, 11) is 3.57. The summed E-state index contributed by atoms with van der Waals surface area (Å²) in [4.78, 5) is 17.1. The van der Waals surface area contributed by atoms with E-state index >= 15 is 0 Å². The van der Waals surface area contributed by atoms with Crippen LogP contribution in [0.5, 0.6) is 0 Å². The van der Waals surface area contributed by atoms with E-state index in [4.69, 9.17) is 0 Å². The van der Waals surface area contributed by atoms with Crippen LogP contribution in [-0.4, -0.2) is 31.3 Å². The lowest BCUT2D eigenvalue weighted by Crippen LogP contribution is -1.74. The zero-order chi connectivity index (χ0) is 12.1. The molecule has 0 unspecified atom stereocenters. The monoisotopic (exact) mass is 200 g/mol. The Hall–Kier alpha value is -0.990. The van der Waals surface area contributed by atoms with Gasteiger partial charge < -0.3 is 4.79 Å². The number of Topliss-reactive ketones (excluding diaryl/α,β-unsaturated/α-hetero) is 1. The minimum absolute atomic E-state index is 0.167. The van der Waals surface area contributed by atoms with Crippen LogP contribution in [0, 0.1) is 0 Å². The van der Waals surface area contributed by atoms with Crippen molar-refractivity contribution in [2.45, 2.75) is 41.5 Å². The Labute approximate surface area is 88.4 Å². The zero-order valence-corrected chi connectivity index (χ0v) is 10.8. The molecule has 0 aromatic heterocycles. The Morgan fingerprint density at radius 2 is 0.786 bits per heavy atom. The van der Waals surface area contributed by atoms with Crippen molar-refractivity contribution in [3.05, 3.63) is 0 Å². The van der Waals surface area contributed by atoms with Crippen molar-refractivity contribution in [1.82, 2.24) is 0 Å². The van der Waals surface area contributed by atoms with Crippen LogP contribution in [0.2, 0.25) is 0 Å². The van der Waals surface area contributed by atoms with E-state index in [9.17, 15) is 4.79 Å². The second-order valence-electron chi connectivity index (χ2n) is 3.25. The van der Waals surface area contributed by atoms with Crippen molar-refractivity contribution in [2.24, 2.45) is 9.98 Å². The van der Waals surface area contributed by atoms with Gasteiger partial charge in [-0.2, -0.15) is 0 Å². The lowest BCUT2D eigenvalue weighted by atomic mass is 10.5. The maximum atomic E-state index is 9.44. The van der Waals surface area contributed by atoms with Gasteiger partial charge in [-0.1, -0.05) is 0 Å². The van der Waals surface area contributed by atoms with E-state index in [2.05, 4.69) is 9.98 Å². The van der Waals surface area contributed by atoms with Gasteiger partial charge in [-0.3, -0.25) is 9.98 Å². The fourth-order valence-electron chi connectivity index (χ4n) is 0. The second kappa shape index (κ2) is 14.5. The molecule has 84 valence electrons. The predicted octanol–water partition coefficient (Wildman–Crippen LogP) is 2.79. The fraction of sp³-hybridized carbons (Fsp3) is 0.727. The molecule has 0 bridgehead atoms. The molecule has 0 rings (SSSR count). The van der Waals surface area contributed by atoms with Crippen molar-refractivity contribution < 1.29 is 4.79 Å². The molecule has 0 aromatic rings. The molecule has 0 aliphatic carbocycles. The van der Waals surface area contributed by atoms with Gasteiger partial charge in [0, 0.05) is 25.5 Å². The maximum absolute atomic E-state index is 9.44. The van der Waals surface area contributed by atoms with Crippen LogP contribution in [0.15, 0.2) is 9.98 Å². The third-order valence-electron chi connectivity index (χ3n) is 0.894. The number of nitrogens with zero attached hydrogens (tertiary/aromatic N) is 2. The number of carbonyl (C=O) groups excluding carboxylic acids is 1. The molecule has 0 amide bonds. The van der Waals surface area contributed by atoms with Gasteiger partial charge in [0.05, 0.1) is 0 Å². The molecule has 0 saturated heterocycles. The van der Waals surface area contributed by atoms with Crippen molar-refractivity contribution in [2.75, 3.05) is 14.1 Å². The molecule has 0 radical (unpaired) electrons. The summed E-state index contributed by atoms with van der Waals surface area (Å²) in [5.74, 6) is 0.167. The normalized spacial score (nSPS) is 6.86. The number of hydrogen-bond acceptors (Lipinski definition) is 3. The number of aliphatic imine (C=N–C) groups is 2. The molecule has 0 aliphatic rings. The number of rotatable bonds is 0. The van der Waals surface area contributed by atoms with Crippen LogP contribution < -0.4 is 0 Å². The van der Waals surface area contributed by atoms with Gasteiger partial charge >= 0.3 is 0 Å². The average molecular weight is 200 g/mol. The topological polar surface area (TPSA) is 41.8 Å². The van der Waals surface area contributed by atoms with Crippen LogP contribution in [0.25, 0.3) is 0 Å². The molecule has 3 nitrogen and oxygen atoms in total. The highest BCUT2D eigenvalue weighted by Crippen LogP contribution is 1.63. The number of ketones is 1. The number of hydrogen-bond donors (Lipinski definition) is 0. The SMILES string of the molecule is CC(C)=O.CN=C(C)C.CN=C(C)C. The van der Waals surface area contributed by atoms with Gasteiger partial charge in [-0.05, 0) is 41.5 Å². The lowest BCUT2D eigenvalue weighted by molar-refractivity contribution is -0.114. The summed E-state index contributed by atoms with van der Waals surface area (Å²) in [6.07, 6.45) is 0. The highest BCUT2D eigenvalue weighted by atomic mass is 16.1. The van der Waals surface area contributed by atoms with Crippen molar-refractivity contribution in [3.8, 4) is 0 Å². The van der Waals surface area contributed by atoms with Crippen molar-refractivity contribution in [3.63, 3.8) is 0 Å². The van der Waals surface area contributed by atoms with Crippen LogP contribution in [0.4, 0.5) is 0 Å². The van der Waals surface area contributed by atoms with E-state index < -0.39 is 0 Å². The van der Waals surface area contributed by atoms with Gasteiger partial charge in [-0.15, -0.1) is 0 Å². The zero-order valence-electron chi connectivity index (χ0n) is 10.8. The molecule has 0 heterocycles. The summed E-state index contributed by atoms with van der Waals surface area (Å²) in [6.45, 7) is 10.9. The van der Waals surface area contributed by atoms with E-state index in [1.807, 2.05) is 27.7 Å². The lowest BCUT2D eigenvalue weighted by Gasteiger charge is -1.74. The Morgan fingerprint density at radius 3 is 0.786 bits per heavy atom. The quantitative estimate of drug-likeness (QED) is 0.554. The average Bonchev–Trinajstić information content (AvgIpc) is 2.04. The van der Waals surface area contributed by atoms with E-state index in [1.54, 1.807) is 14.1 Å². The summed E-state index contributed by atoms with van der Waals surface area (Å²) < 4.78 is 0. The van der Waals surface area contributed by atoms with Crippen LogP contribution in [0.1, 0.15) is 41.5 Å². The van der Waals surface area contributed by atoms with E-state index in [1.165, 1.54) is 13.8 Å². The molecule has 14 heavy (non-hydrogen) atoms. The first-order valence-electron chi connectivity index (χ1n) is 4.55. The molecule has 0 saturated carbocycles. The molecule has 0 fully saturated rings. The minimum Gasteiger partial charge on any atom is -0.300 e. The Bertz CT molecular complexity index is 165. The second-order valence-corrected chi connectivity index (χ2v) is 3.25. The van der Waals surface area contributed by atoms with Crippen molar-refractivity contribution in [1.29, 1.82) is 0 Å². The van der Waals surface area contributed by atoms with E-state index in [-0.39, 0.29) is 5.78 Å². The molecular formula is C11H24N2O. The summed E-state index contributed by atoms with van der Waals surface area (Å²) in [5, 5.41) is 0. The summed E-state index contributed by atoms with van der Waals surface area (Å²) in [6, 6.07) is 0. The molecule has 0 aromatic carbocycles. The van der Waals surface area contributed by atoms with Gasteiger partial charge in [0.25, 0.3) is 0 Å². The first-order valence-corrected chi connectivity index (χ1v) is 4.55. The first-order chi connectivity index (χ1) is 6.27. The van der Waals surface area contributed by atoms with Crippen LogP contribution in [-0.2, 0) is 4.79 Å².